The second-order valence-corrected chi connectivity index (χ2v) is 5.95. The van der Waals surface area contributed by atoms with Crippen molar-refractivity contribution in [3.8, 4) is 17.6 Å². The Bertz CT molecular complexity index is 1050. The van der Waals surface area contributed by atoms with E-state index in [1.54, 1.807) is 26.4 Å². The van der Waals surface area contributed by atoms with E-state index in [-0.39, 0.29) is 5.91 Å². The zero-order valence-corrected chi connectivity index (χ0v) is 14.3. The number of nitrogens with one attached hydrogen (secondary N) is 1. The fourth-order valence-corrected chi connectivity index (χ4v) is 3.40. The highest BCUT2D eigenvalue weighted by molar-refractivity contribution is 5.97. The van der Waals surface area contributed by atoms with Crippen LogP contribution < -0.4 is 14.8 Å². The van der Waals surface area contributed by atoms with Crippen molar-refractivity contribution in [1.29, 1.82) is 5.26 Å². The number of benzene rings is 2. The van der Waals surface area contributed by atoms with Gasteiger partial charge in [-0.05, 0) is 29.8 Å². The average molecular weight is 348 g/mol. The molecule has 1 aromatic heterocycles. The molecule has 2 heterocycles. The summed E-state index contributed by atoms with van der Waals surface area (Å²) in [6, 6.07) is 14.6. The van der Waals surface area contributed by atoms with Gasteiger partial charge in [0, 0.05) is 0 Å². The summed E-state index contributed by atoms with van der Waals surface area (Å²) in [5, 5.41) is 12.4. The Morgan fingerprint density at radius 3 is 2.65 bits per heavy atom. The summed E-state index contributed by atoms with van der Waals surface area (Å²) in [4.78, 5) is 17.0. The van der Waals surface area contributed by atoms with Gasteiger partial charge in [-0.25, -0.2) is 4.98 Å². The highest BCUT2D eigenvalue weighted by Gasteiger charge is 2.39. The van der Waals surface area contributed by atoms with Gasteiger partial charge in [-0.3, -0.25) is 10.1 Å². The Morgan fingerprint density at radius 1 is 1.15 bits per heavy atom. The molecule has 0 fully saturated rings. The SMILES string of the molecule is COc1ccc([C@@H]2[C@@H](C#N)C(=O)Nc3nc4ccccc4n32)cc1OC. The first-order chi connectivity index (χ1) is 12.7. The molecule has 0 spiro atoms. The van der Waals surface area contributed by atoms with E-state index in [1.165, 1.54) is 0 Å². The van der Waals surface area contributed by atoms with Crippen LogP contribution in [0.3, 0.4) is 0 Å². The number of carbonyl (C=O) groups excluding carboxylic acids is 1. The number of ether oxygens (including phenoxy) is 2. The summed E-state index contributed by atoms with van der Waals surface area (Å²) in [5.41, 5.74) is 2.38. The predicted octanol–water partition coefficient (Wildman–Crippen LogP) is 2.73. The number of methoxy groups -OCH3 is 2. The van der Waals surface area contributed by atoms with Gasteiger partial charge in [0.15, 0.2) is 17.4 Å². The second kappa shape index (κ2) is 6.08. The highest BCUT2D eigenvalue weighted by atomic mass is 16.5. The Balaban J connectivity index is 1.97. The molecule has 0 radical (unpaired) electrons. The molecule has 1 amide bonds. The van der Waals surface area contributed by atoms with Crippen molar-refractivity contribution in [1.82, 2.24) is 9.55 Å². The van der Waals surface area contributed by atoms with E-state index in [0.29, 0.717) is 17.4 Å². The maximum Gasteiger partial charge on any atom is 0.246 e. The minimum atomic E-state index is -0.891. The van der Waals surface area contributed by atoms with Gasteiger partial charge in [-0.1, -0.05) is 18.2 Å². The van der Waals surface area contributed by atoms with Gasteiger partial charge in [-0.15, -0.1) is 0 Å². The fourth-order valence-electron chi connectivity index (χ4n) is 3.40. The molecule has 0 bridgehead atoms. The van der Waals surface area contributed by atoms with Crippen molar-refractivity contribution in [2.24, 2.45) is 5.92 Å². The number of anilines is 1. The zero-order chi connectivity index (χ0) is 18.3. The largest absolute Gasteiger partial charge is 0.493 e. The molecule has 7 heteroatoms. The number of hydrogen-bond donors (Lipinski definition) is 1. The second-order valence-electron chi connectivity index (χ2n) is 5.95. The smallest absolute Gasteiger partial charge is 0.246 e. The molecule has 4 rings (SSSR count). The van der Waals surface area contributed by atoms with Crippen LogP contribution in [0.1, 0.15) is 11.6 Å². The first-order valence-electron chi connectivity index (χ1n) is 8.07. The van der Waals surface area contributed by atoms with E-state index in [9.17, 15) is 10.1 Å². The maximum atomic E-state index is 12.5. The molecule has 1 N–H and O–H groups in total. The Labute approximate surface area is 149 Å². The highest BCUT2D eigenvalue weighted by Crippen LogP contribution is 2.40. The molecular weight excluding hydrogens is 332 g/mol. The van der Waals surface area contributed by atoms with E-state index in [0.717, 1.165) is 16.6 Å². The number of imidazole rings is 1. The van der Waals surface area contributed by atoms with Crippen molar-refractivity contribution in [3.63, 3.8) is 0 Å². The topological polar surface area (TPSA) is 89.2 Å². The number of para-hydroxylation sites is 2. The van der Waals surface area contributed by atoms with Gasteiger partial charge in [-0.2, -0.15) is 5.26 Å². The van der Waals surface area contributed by atoms with Crippen LogP contribution in [0, 0.1) is 17.2 Å². The quantitative estimate of drug-likeness (QED) is 0.786. The third-order valence-electron chi connectivity index (χ3n) is 4.60. The van der Waals surface area contributed by atoms with Gasteiger partial charge in [0.1, 0.15) is 0 Å². The van der Waals surface area contributed by atoms with Crippen molar-refractivity contribution in [2.45, 2.75) is 6.04 Å². The number of carbonyl (C=O) groups is 1. The van der Waals surface area contributed by atoms with Gasteiger partial charge in [0.05, 0.1) is 37.4 Å². The Morgan fingerprint density at radius 2 is 1.92 bits per heavy atom. The van der Waals surface area contributed by atoms with Crippen LogP contribution in [-0.2, 0) is 4.79 Å². The lowest BCUT2D eigenvalue weighted by molar-refractivity contribution is -0.119. The molecule has 0 aliphatic carbocycles. The molecule has 130 valence electrons. The monoisotopic (exact) mass is 348 g/mol. The van der Waals surface area contributed by atoms with Gasteiger partial charge < -0.3 is 14.0 Å². The lowest BCUT2D eigenvalue weighted by Gasteiger charge is -2.30. The lowest BCUT2D eigenvalue weighted by Crippen LogP contribution is -2.37. The fraction of sp³-hybridized carbons (Fsp3) is 0.211. The van der Waals surface area contributed by atoms with Crippen molar-refractivity contribution < 1.29 is 14.3 Å². The summed E-state index contributed by atoms with van der Waals surface area (Å²) in [5.74, 6) is 0.301. The number of fused-ring (bicyclic) bond motifs is 3. The van der Waals surface area contributed by atoms with Crippen LogP contribution in [0.4, 0.5) is 5.95 Å². The molecule has 3 aromatic rings. The third-order valence-corrected chi connectivity index (χ3v) is 4.60. The van der Waals surface area contributed by atoms with E-state index in [4.69, 9.17) is 9.47 Å². The average Bonchev–Trinajstić information content (AvgIpc) is 3.04. The number of rotatable bonds is 3. The molecule has 1 aliphatic rings. The summed E-state index contributed by atoms with van der Waals surface area (Å²) in [6.45, 7) is 0. The summed E-state index contributed by atoms with van der Waals surface area (Å²) >= 11 is 0. The molecule has 2 atom stereocenters. The summed E-state index contributed by atoms with van der Waals surface area (Å²) in [7, 11) is 3.11. The van der Waals surface area contributed by atoms with Gasteiger partial charge >= 0.3 is 0 Å². The van der Waals surface area contributed by atoms with E-state index in [2.05, 4.69) is 16.4 Å². The van der Waals surface area contributed by atoms with Gasteiger partial charge in [0.25, 0.3) is 0 Å². The molecular formula is C19H16N4O3. The van der Waals surface area contributed by atoms with Crippen LogP contribution in [-0.4, -0.2) is 29.7 Å². The van der Waals surface area contributed by atoms with Crippen LogP contribution in [0.25, 0.3) is 11.0 Å². The zero-order valence-electron chi connectivity index (χ0n) is 14.3. The normalized spacial score (nSPS) is 18.7. The molecule has 26 heavy (non-hydrogen) atoms. The van der Waals surface area contributed by atoms with E-state index < -0.39 is 12.0 Å². The summed E-state index contributed by atoms with van der Waals surface area (Å²) < 4.78 is 12.6. The number of aromatic nitrogens is 2. The predicted molar refractivity (Wildman–Crippen MR) is 95.2 cm³/mol. The number of nitrogens with zero attached hydrogens (tertiary/aromatic N) is 3. The molecule has 0 unspecified atom stereocenters. The van der Waals surface area contributed by atoms with Gasteiger partial charge in [0.2, 0.25) is 11.9 Å². The number of nitriles is 1. The molecule has 0 saturated carbocycles. The van der Waals surface area contributed by atoms with Crippen LogP contribution >= 0.6 is 0 Å². The minimum absolute atomic E-state index is 0.366. The van der Waals surface area contributed by atoms with Crippen molar-refractivity contribution in [3.05, 3.63) is 48.0 Å². The number of hydrogen-bond acceptors (Lipinski definition) is 5. The van der Waals surface area contributed by atoms with Crippen LogP contribution in [0.15, 0.2) is 42.5 Å². The molecule has 1 aliphatic heterocycles. The Hall–Kier alpha value is -3.53. The van der Waals surface area contributed by atoms with Crippen molar-refractivity contribution >= 4 is 22.9 Å². The lowest BCUT2D eigenvalue weighted by atomic mass is 9.91. The van der Waals surface area contributed by atoms with Crippen LogP contribution in [0.5, 0.6) is 11.5 Å². The van der Waals surface area contributed by atoms with E-state index in [1.807, 2.05) is 34.9 Å². The third kappa shape index (κ3) is 2.27. The van der Waals surface area contributed by atoms with E-state index >= 15 is 0 Å². The number of amides is 1. The molecule has 7 nitrogen and oxygen atoms in total. The van der Waals surface area contributed by atoms with Crippen molar-refractivity contribution in [2.75, 3.05) is 19.5 Å². The first-order valence-corrected chi connectivity index (χ1v) is 8.07. The first kappa shape index (κ1) is 16.0. The standard InChI is InChI=1S/C19H16N4O3/c1-25-15-8-7-11(9-16(15)26-2)17-12(10-20)18(24)22-19-21-13-5-3-4-6-14(13)23(17)19/h3-9,12,17H,1-2H3,(H,21,22,24)/t12-,17-/m1/s1. The summed E-state index contributed by atoms with van der Waals surface area (Å²) in [6.07, 6.45) is 0. The molecule has 0 saturated heterocycles. The minimum Gasteiger partial charge on any atom is -0.493 e. The molecule has 2 aromatic carbocycles. The Kier molecular flexibility index (Phi) is 3.73. The van der Waals surface area contributed by atoms with Crippen LogP contribution in [0.2, 0.25) is 0 Å². The maximum absolute atomic E-state index is 12.5.